The zero-order valence-corrected chi connectivity index (χ0v) is 12.9. The lowest BCUT2D eigenvalue weighted by Gasteiger charge is -2.16. The van der Waals surface area contributed by atoms with Gasteiger partial charge in [-0.05, 0) is 42.6 Å². The SMILES string of the molecule is Cc1ccccc1C(C)NCc1c(Cl)oc2ccccc12. The molecule has 0 aliphatic heterocycles. The molecular weight excluding hydrogens is 282 g/mol. The monoisotopic (exact) mass is 299 g/mol. The van der Waals surface area contributed by atoms with E-state index in [1.54, 1.807) is 0 Å². The third-order valence-electron chi connectivity index (χ3n) is 3.89. The molecule has 21 heavy (non-hydrogen) atoms. The summed E-state index contributed by atoms with van der Waals surface area (Å²) in [5.74, 6) is 0. The van der Waals surface area contributed by atoms with Crippen LogP contribution in [0.2, 0.25) is 5.22 Å². The van der Waals surface area contributed by atoms with E-state index in [1.165, 1.54) is 11.1 Å². The second-order valence-corrected chi connectivity index (χ2v) is 5.65. The number of benzene rings is 2. The van der Waals surface area contributed by atoms with Crippen molar-refractivity contribution in [2.75, 3.05) is 0 Å². The molecule has 0 saturated carbocycles. The molecule has 0 bridgehead atoms. The zero-order valence-electron chi connectivity index (χ0n) is 12.2. The first kappa shape index (κ1) is 14.2. The van der Waals surface area contributed by atoms with Gasteiger partial charge in [-0.25, -0.2) is 0 Å². The highest BCUT2D eigenvalue weighted by atomic mass is 35.5. The van der Waals surface area contributed by atoms with Crippen LogP contribution in [0, 0.1) is 6.92 Å². The Bertz CT molecular complexity index is 763. The molecule has 0 aliphatic carbocycles. The molecule has 0 radical (unpaired) electrons. The maximum absolute atomic E-state index is 6.22. The highest BCUT2D eigenvalue weighted by Crippen LogP contribution is 2.30. The normalized spacial score (nSPS) is 12.7. The Hall–Kier alpha value is -1.77. The molecule has 1 heterocycles. The summed E-state index contributed by atoms with van der Waals surface area (Å²) in [7, 11) is 0. The van der Waals surface area contributed by atoms with E-state index in [1.807, 2.05) is 24.3 Å². The van der Waals surface area contributed by atoms with Gasteiger partial charge in [-0.1, -0.05) is 42.5 Å². The van der Waals surface area contributed by atoms with Gasteiger partial charge in [0.15, 0.2) is 5.22 Å². The van der Waals surface area contributed by atoms with Gasteiger partial charge in [0, 0.05) is 23.5 Å². The van der Waals surface area contributed by atoms with Crippen LogP contribution in [-0.4, -0.2) is 0 Å². The number of furan rings is 1. The first-order chi connectivity index (χ1) is 10.2. The molecule has 1 atom stereocenters. The van der Waals surface area contributed by atoms with Crippen LogP contribution in [0.4, 0.5) is 0 Å². The van der Waals surface area contributed by atoms with Gasteiger partial charge in [-0.3, -0.25) is 0 Å². The molecule has 3 heteroatoms. The van der Waals surface area contributed by atoms with Gasteiger partial charge in [-0.2, -0.15) is 0 Å². The molecule has 0 spiro atoms. The van der Waals surface area contributed by atoms with Gasteiger partial charge >= 0.3 is 0 Å². The topological polar surface area (TPSA) is 25.2 Å². The molecule has 108 valence electrons. The Morgan fingerprint density at radius 2 is 1.81 bits per heavy atom. The fourth-order valence-corrected chi connectivity index (χ4v) is 2.92. The average Bonchev–Trinajstić information content (AvgIpc) is 2.81. The maximum atomic E-state index is 6.22. The van der Waals surface area contributed by atoms with Crippen molar-refractivity contribution in [1.29, 1.82) is 0 Å². The zero-order chi connectivity index (χ0) is 14.8. The molecule has 2 aromatic carbocycles. The Kier molecular flexibility index (Phi) is 4.00. The number of hydrogen-bond donors (Lipinski definition) is 1. The molecule has 0 amide bonds. The van der Waals surface area contributed by atoms with Gasteiger partial charge < -0.3 is 9.73 Å². The Morgan fingerprint density at radius 1 is 1.10 bits per heavy atom. The van der Waals surface area contributed by atoms with Crippen LogP contribution in [-0.2, 0) is 6.54 Å². The van der Waals surface area contributed by atoms with Crippen LogP contribution in [0.25, 0.3) is 11.0 Å². The van der Waals surface area contributed by atoms with E-state index in [9.17, 15) is 0 Å². The predicted molar refractivity (Wildman–Crippen MR) is 87.7 cm³/mol. The van der Waals surface area contributed by atoms with Crippen molar-refractivity contribution in [2.24, 2.45) is 0 Å². The van der Waals surface area contributed by atoms with Gasteiger partial charge in [0.05, 0.1) is 0 Å². The third kappa shape index (κ3) is 2.82. The minimum absolute atomic E-state index is 0.260. The quantitative estimate of drug-likeness (QED) is 0.712. The molecule has 2 nitrogen and oxygen atoms in total. The van der Waals surface area contributed by atoms with Crippen molar-refractivity contribution in [1.82, 2.24) is 5.32 Å². The van der Waals surface area contributed by atoms with Gasteiger partial charge in [0.1, 0.15) is 5.58 Å². The first-order valence-corrected chi connectivity index (χ1v) is 7.49. The van der Waals surface area contributed by atoms with Crippen LogP contribution >= 0.6 is 11.6 Å². The van der Waals surface area contributed by atoms with E-state index < -0.39 is 0 Å². The van der Waals surface area contributed by atoms with E-state index in [0.29, 0.717) is 11.8 Å². The molecule has 1 aromatic heterocycles. The van der Waals surface area contributed by atoms with Crippen molar-refractivity contribution in [3.8, 4) is 0 Å². The molecule has 1 unspecified atom stereocenters. The van der Waals surface area contributed by atoms with Gasteiger partial charge in [0.25, 0.3) is 0 Å². The summed E-state index contributed by atoms with van der Waals surface area (Å²) >= 11 is 6.22. The van der Waals surface area contributed by atoms with Crippen LogP contribution in [0.1, 0.15) is 29.7 Å². The summed E-state index contributed by atoms with van der Waals surface area (Å²) in [6.07, 6.45) is 0. The average molecular weight is 300 g/mol. The fraction of sp³-hybridized carbons (Fsp3) is 0.222. The Balaban J connectivity index is 1.81. The summed E-state index contributed by atoms with van der Waals surface area (Å²) in [6, 6.07) is 16.6. The fourth-order valence-electron chi connectivity index (χ4n) is 2.67. The summed E-state index contributed by atoms with van der Waals surface area (Å²) in [5.41, 5.74) is 4.46. The number of aryl methyl sites for hydroxylation is 1. The van der Waals surface area contributed by atoms with E-state index >= 15 is 0 Å². The number of para-hydroxylation sites is 1. The lowest BCUT2D eigenvalue weighted by atomic mass is 10.0. The second-order valence-electron chi connectivity index (χ2n) is 5.31. The Labute approximate surface area is 129 Å². The smallest absolute Gasteiger partial charge is 0.199 e. The van der Waals surface area contributed by atoms with Crippen LogP contribution in [0.15, 0.2) is 52.9 Å². The minimum Gasteiger partial charge on any atom is -0.444 e. The predicted octanol–water partition coefficient (Wildman–Crippen LogP) is 5.25. The van der Waals surface area contributed by atoms with E-state index in [-0.39, 0.29) is 6.04 Å². The molecule has 3 aromatic rings. The second kappa shape index (κ2) is 5.92. The number of nitrogens with one attached hydrogen (secondary N) is 1. The maximum Gasteiger partial charge on any atom is 0.199 e. The summed E-state index contributed by atoms with van der Waals surface area (Å²) < 4.78 is 5.59. The van der Waals surface area contributed by atoms with Crippen LogP contribution in [0.3, 0.4) is 0 Å². The van der Waals surface area contributed by atoms with Crippen LogP contribution < -0.4 is 5.32 Å². The standard InChI is InChI=1S/C18H18ClNO/c1-12-7-3-4-8-14(12)13(2)20-11-16-15-9-5-6-10-17(15)21-18(16)19/h3-10,13,20H,11H2,1-2H3. The summed E-state index contributed by atoms with van der Waals surface area (Å²) in [6.45, 7) is 4.98. The minimum atomic E-state index is 0.260. The lowest BCUT2D eigenvalue weighted by Crippen LogP contribution is -2.18. The molecule has 3 rings (SSSR count). The Morgan fingerprint density at radius 3 is 2.62 bits per heavy atom. The number of rotatable bonds is 4. The lowest BCUT2D eigenvalue weighted by molar-refractivity contribution is 0.561. The van der Waals surface area contributed by atoms with Gasteiger partial charge in [0.2, 0.25) is 0 Å². The molecule has 0 saturated heterocycles. The van der Waals surface area contributed by atoms with Crippen molar-refractivity contribution >= 4 is 22.6 Å². The van der Waals surface area contributed by atoms with E-state index in [2.05, 4.69) is 43.4 Å². The first-order valence-electron chi connectivity index (χ1n) is 7.11. The molecule has 1 N–H and O–H groups in total. The summed E-state index contributed by atoms with van der Waals surface area (Å²) in [5, 5.41) is 5.08. The number of hydrogen-bond acceptors (Lipinski definition) is 2. The summed E-state index contributed by atoms with van der Waals surface area (Å²) in [4.78, 5) is 0. The van der Waals surface area contributed by atoms with Crippen molar-refractivity contribution in [2.45, 2.75) is 26.4 Å². The van der Waals surface area contributed by atoms with Crippen molar-refractivity contribution in [3.63, 3.8) is 0 Å². The van der Waals surface area contributed by atoms with Gasteiger partial charge in [-0.15, -0.1) is 0 Å². The largest absolute Gasteiger partial charge is 0.444 e. The molecular formula is C18H18ClNO. The van der Waals surface area contributed by atoms with E-state index in [0.717, 1.165) is 16.5 Å². The van der Waals surface area contributed by atoms with Crippen molar-refractivity contribution < 1.29 is 4.42 Å². The highest BCUT2D eigenvalue weighted by Gasteiger charge is 2.14. The van der Waals surface area contributed by atoms with E-state index in [4.69, 9.17) is 16.0 Å². The molecule has 0 fully saturated rings. The molecule has 0 aliphatic rings. The highest BCUT2D eigenvalue weighted by molar-refractivity contribution is 6.30. The van der Waals surface area contributed by atoms with Crippen molar-refractivity contribution in [3.05, 3.63) is 70.4 Å². The van der Waals surface area contributed by atoms with Crippen LogP contribution in [0.5, 0.6) is 0 Å². The number of halogens is 1. The number of fused-ring (bicyclic) bond motifs is 1. The third-order valence-corrected chi connectivity index (χ3v) is 4.19.